The molecule has 2 rings (SSSR count). The Labute approximate surface area is 112 Å². The summed E-state index contributed by atoms with van der Waals surface area (Å²) >= 11 is 0. The van der Waals surface area contributed by atoms with Crippen LogP contribution in [-0.2, 0) is 20.0 Å². The number of hydrogen-bond donors (Lipinski definition) is 3. The third kappa shape index (κ3) is 2.95. The molecule has 0 saturated carbocycles. The van der Waals surface area contributed by atoms with E-state index in [1.54, 1.807) is 6.07 Å². The molecule has 7 nitrogen and oxygen atoms in total. The van der Waals surface area contributed by atoms with Crippen molar-refractivity contribution in [2.75, 3.05) is 13.1 Å². The van der Waals surface area contributed by atoms with Crippen LogP contribution in [-0.4, -0.2) is 29.9 Å². The van der Waals surface area contributed by atoms with Gasteiger partial charge in [0.2, 0.25) is 20.0 Å². The molecule has 9 heteroatoms. The molecule has 106 valence electrons. The molecule has 1 aliphatic heterocycles. The quantitative estimate of drug-likeness (QED) is 0.663. The number of rotatable bonds is 3. The van der Waals surface area contributed by atoms with Crippen molar-refractivity contribution in [3.05, 3.63) is 23.8 Å². The second-order valence-electron chi connectivity index (χ2n) is 4.45. The standard InChI is InChI=1S/C10H15N3O4S2/c11-18(14,15)9-3-1-2-8(7-4-5-13-6-7)10(9)19(12,16)17/h1-3,7,13H,4-6H2,(H2,11,14,15)(H2,12,16,17). The number of nitrogens with one attached hydrogen (secondary N) is 1. The van der Waals surface area contributed by atoms with Gasteiger partial charge in [-0.2, -0.15) is 0 Å². The van der Waals surface area contributed by atoms with Crippen molar-refractivity contribution in [1.29, 1.82) is 0 Å². The van der Waals surface area contributed by atoms with E-state index >= 15 is 0 Å². The van der Waals surface area contributed by atoms with Crippen molar-refractivity contribution in [3.8, 4) is 0 Å². The average molecular weight is 305 g/mol. The van der Waals surface area contributed by atoms with Crippen LogP contribution in [0.5, 0.6) is 0 Å². The summed E-state index contributed by atoms with van der Waals surface area (Å²) in [4.78, 5) is -0.828. The van der Waals surface area contributed by atoms with E-state index in [1.807, 2.05) is 0 Å². The number of nitrogens with two attached hydrogens (primary N) is 2. The maximum Gasteiger partial charge on any atom is 0.239 e. The zero-order valence-electron chi connectivity index (χ0n) is 10.0. The number of benzene rings is 1. The van der Waals surface area contributed by atoms with Gasteiger partial charge in [-0.1, -0.05) is 12.1 Å². The van der Waals surface area contributed by atoms with Crippen LogP contribution in [0.1, 0.15) is 17.9 Å². The summed E-state index contributed by atoms with van der Waals surface area (Å²) in [5.41, 5.74) is 0.402. The molecular formula is C10H15N3O4S2. The van der Waals surface area contributed by atoms with Gasteiger partial charge in [0.1, 0.15) is 9.79 Å². The Hall–Kier alpha value is -1.00. The summed E-state index contributed by atoms with van der Waals surface area (Å²) in [6.45, 7) is 1.32. The Morgan fingerprint density at radius 1 is 1.11 bits per heavy atom. The topological polar surface area (TPSA) is 132 Å². The number of primary sulfonamides is 2. The molecule has 1 aromatic carbocycles. The summed E-state index contributed by atoms with van der Waals surface area (Å²) in [6.07, 6.45) is 0.719. The first kappa shape index (κ1) is 14.4. The van der Waals surface area contributed by atoms with E-state index in [-0.39, 0.29) is 10.8 Å². The van der Waals surface area contributed by atoms with Crippen molar-refractivity contribution in [3.63, 3.8) is 0 Å². The van der Waals surface area contributed by atoms with Crippen LogP contribution in [0.2, 0.25) is 0 Å². The molecule has 1 saturated heterocycles. The van der Waals surface area contributed by atoms with E-state index < -0.39 is 24.9 Å². The Kier molecular flexibility index (Phi) is 3.67. The van der Waals surface area contributed by atoms with Gasteiger partial charge in [0.15, 0.2) is 0 Å². The van der Waals surface area contributed by atoms with Crippen LogP contribution in [0.25, 0.3) is 0 Å². The van der Waals surface area contributed by atoms with E-state index in [1.165, 1.54) is 6.07 Å². The summed E-state index contributed by atoms with van der Waals surface area (Å²) in [6, 6.07) is 4.20. The normalized spacial score (nSPS) is 20.6. The molecule has 0 bridgehead atoms. The molecule has 0 aromatic heterocycles. The van der Waals surface area contributed by atoms with Crippen molar-refractivity contribution in [2.45, 2.75) is 22.1 Å². The average Bonchev–Trinajstić information content (AvgIpc) is 2.79. The van der Waals surface area contributed by atoms with E-state index in [9.17, 15) is 16.8 Å². The Bertz CT molecular complexity index is 691. The summed E-state index contributed by atoms with van der Waals surface area (Å²) in [5.74, 6) is -0.0879. The molecule has 0 radical (unpaired) electrons. The van der Waals surface area contributed by atoms with Crippen molar-refractivity contribution in [1.82, 2.24) is 5.32 Å². The molecule has 0 aliphatic carbocycles. The van der Waals surface area contributed by atoms with Crippen molar-refractivity contribution in [2.24, 2.45) is 10.3 Å². The van der Waals surface area contributed by atoms with Gasteiger partial charge >= 0.3 is 0 Å². The molecule has 1 aliphatic rings. The third-order valence-corrected chi connectivity index (χ3v) is 5.21. The Morgan fingerprint density at radius 3 is 2.26 bits per heavy atom. The third-order valence-electron chi connectivity index (χ3n) is 3.10. The smallest absolute Gasteiger partial charge is 0.239 e. The highest BCUT2D eigenvalue weighted by molar-refractivity contribution is 7.92. The van der Waals surface area contributed by atoms with Gasteiger partial charge in [-0.3, -0.25) is 0 Å². The maximum absolute atomic E-state index is 11.7. The van der Waals surface area contributed by atoms with Crippen LogP contribution in [0, 0.1) is 0 Å². The summed E-state index contributed by atoms with van der Waals surface area (Å²) < 4.78 is 46.4. The van der Waals surface area contributed by atoms with Crippen molar-refractivity contribution >= 4 is 20.0 Å². The van der Waals surface area contributed by atoms with Gasteiger partial charge < -0.3 is 5.32 Å². The molecular weight excluding hydrogens is 290 g/mol. The summed E-state index contributed by atoms with van der Waals surface area (Å²) in [7, 11) is -8.32. The molecule has 5 N–H and O–H groups in total. The fourth-order valence-corrected chi connectivity index (χ4v) is 4.56. The lowest BCUT2D eigenvalue weighted by Crippen LogP contribution is -2.23. The Balaban J connectivity index is 2.75. The lowest BCUT2D eigenvalue weighted by Gasteiger charge is -2.16. The van der Waals surface area contributed by atoms with E-state index in [4.69, 9.17) is 10.3 Å². The van der Waals surface area contributed by atoms with Gasteiger partial charge in [-0.25, -0.2) is 27.1 Å². The first-order chi connectivity index (χ1) is 8.71. The second kappa shape index (κ2) is 4.84. The van der Waals surface area contributed by atoms with Gasteiger partial charge in [0.05, 0.1) is 0 Å². The van der Waals surface area contributed by atoms with Crippen LogP contribution in [0.3, 0.4) is 0 Å². The molecule has 1 aromatic rings. The van der Waals surface area contributed by atoms with E-state index in [0.717, 1.165) is 19.0 Å². The highest BCUT2D eigenvalue weighted by Crippen LogP contribution is 2.31. The molecule has 1 heterocycles. The van der Waals surface area contributed by atoms with Gasteiger partial charge in [-0.05, 0) is 30.5 Å². The lowest BCUT2D eigenvalue weighted by atomic mass is 9.98. The molecule has 1 atom stereocenters. The fourth-order valence-electron chi connectivity index (χ4n) is 2.30. The van der Waals surface area contributed by atoms with Crippen LogP contribution in [0.15, 0.2) is 28.0 Å². The predicted octanol–water partition coefficient (Wildman–Crippen LogP) is -0.942. The summed E-state index contributed by atoms with van der Waals surface area (Å²) in [5, 5.41) is 13.3. The fraction of sp³-hybridized carbons (Fsp3) is 0.400. The molecule has 0 spiro atoms. The molecule has 19 heavy (non-hydrogen) atoms. The number of hydrogen-bond acceptors (Lipinski definition) is 5. The van der Waals surface area contributed by atoms with E-state index in [2.05, 4.69) is 5.32 Å². The van der Waals surface area contributed by atoms with Gasteiger partial charge in [0, 0.05) is 6.54 Å². The highest BCUT2D eigenvalue weighted by atomic mass is 32.2. The minimum Gasteiger partial charge on any atom is -0.316 e. The van der Waals surface area contributed by atoms with Crippen LogP contribution in [0.4, 0.5) is 0 Å². The monoisotopic (exact) mass is 305 g/mol. The largest absolute Gasteiger partial charge is 0.316 e. The maximum atomic E-state index is 11.7. The molecule has 1 fully saturated rings. The van der Waals surface area contributed by atoms with Crippen LogP contribution >= 0.6 is 0 Å². The predicted molar refractivity (Wildman–Crippen MR) is 69.4 cm³/mol. The van der Waals surface area contributed by atoms with Crippen LogP contribution < -0.4 is 15.6 Å². The minimum absolute atomic E-state index is 0.0879. The molecule has 1 unspecified atom stereocenters. The highest BCUT2D eigenvalue weighted by Gasteiger charge is 2.29. The van der Waals surface area contributed by atoms with Gasteiger partial charge in [0.25, 0.3) is 0 Å². The first-order valence-electron chi connectivity index (χ1n) is 5.60. The zero-order valence-corrected chi connectivity index (χ0v) is 11.7. The SMILES string of the molecule is NS(=O)(=O)c1cccc(C2CCNC2)c1S(N)(=O)=O. The lowest BCUT2D eigenvalue weighted by molar-refractivity contribution is 0.580. The van der Waals surface area contributed by atoms with Gasteiger partial charge in [-0.15, -0.1) is 0 Å². The Morgan fingerprint density at radius 2 is 1.79 bits per heavy atom. The first-order valence-corrected chi connectivity index (χ1v) is 8.70. The minimum atomic E-state index is -4.17. The number of sulfonamides is 2. The van der Waals surface area contributed by atoms with E-state index in [0.29, 0.717) is 12.1 Å². The zero-order chi connectivity index (χ0) is 14.3. The second-order valence-corrected chi connectivity index (χ2v) is 7.48. The molecule has 0 amide bonds. The van der Waals surface area contributed by atoms with Crippen molar-refractivity contribution < 1.29 is 16.8 Å².